The summed E-state index contributed by atoms with van der Waals surface area (Å²) in [6.07, 6.45) is 0.894. The van der Waals surface area contributed by atoms with Gasteiger partial charge in [-0.15, -0.1) is 12.4 Å². The van der Waals surface area contributed by atoms with Crippen LogP contribution >= 0.6 is 12.4 Å². The molecular weight excluding hydrogens is 314 g/mol. The average Bonchev–Trinajstić information content (AvgIpc) is 2.52. The maximum absolute atomic E-state index is 12.1. The van der Waals surface area contributed by atoms with Gasteiger partial charge in [0.25, 0.3) is 5.91 Å². The van der Waals surface area contributed by atoms with Gasteiger partial charge in [-0.05, 0) is 38.1 Å². The number of benzene rings is 1. The summed E-state index contributed by atoms with van der Waals surface area (Å²) in [5.74, 6) is -0.156. The molecule has 0 aliphatic carbocycles. The SMILES string of the molecule is CCC(C)NC(=O)c1cccc(CNC(=O)C(C)CNC)c1.Cl. The summed E-state index contributed by atoms with van der Waals surface area (Å²) in [5.41, 5.74) is 1.54. The Hall–Kier alpha value is -1.59. The van der Waals surface area contributed by atoms with Crippen LogP contribution in [0, 0.1) is 5.92 Å². The maximum atomic E-state index is 12.1. The number of amides is 2. The molecule has 0 saturated carbocycles. The second-order valence-electron chi connectivity index (χ2n) is 5.66. The zero-order valence-electron chi connectivity index (χ0n) is 14.3. The largest absolute Gasteiger partial charge is 0.352 e. The third-order valence-electron chi connectivity index (χ3n) is 3.60. The van der Waals surface area contributed by atoms with E-state index in [1.54, 1.807) is 6.07 Å². The molecule has 23 heavy (non-hydrogen) atoms. The Labute approximate surface area is 145 Å². The minimum atomic E-state index is -0.0816. The molecule has 0 fully saturated rings. The van der Waals surface area contributed by atoms with Crippen LogP contribution in [0.2, 0.25) is 0 Å². The van der Waals surface area contributed by atoms with E-state index in [1.807, 2.05) is 46.0 Å². The van der Waals surface area contributed by atoms with Crippen molar-refractivity contribution in [2.45, 2.75) is 39.8 Å². The van der Waals surface area contributed by atoms with Crippen molar-refractivity contribution < 1.29 is 9.59 Å². The predicted octanol–water partition coefficient (Wildman–Crippen LogP) is 2.11. The van der Waals surface area contributed by atoms with Crippen molar-refractivity contribution >= 4 is 24.2 Å². The molecule has 6 heteroatoms. The van der Waals surface area contributed by atoms with Crippen LogP contribution in [0.25, 0.3) is 0 Å². The highest BCUT2D eigenvalue weighted by Crippen LogP contribution is 2.06. The first-order valence-electron chi connectivity index (χ1n) is 7.80. The standard InChI is InChI=1S/C17H27N3O2.ClH/c1-5-13(3)20-17(22)15-8-6-7-14(9-15)11-19-16(21)12(2)10-18-4;/h6-9,12-13,18H,5,10-11H2,1-4H3,(H,19,21)(H,20,22);1H. The minimum absolute atomic E-state index is 0. The van der Waals surface area contributed by atoms with Crippen molar-refractivity contribution in [3.8, 4) is 0 Å². The van der Waals surface area contributed by atoms with E-state index in [0.717, 1.165) is 12.0 Å². The van der Waals surface area contributed by atoms with Gasteiger partial charge in [-0.2, -0.15) is 0 Å². The van der Waals surface area contributed by atoms with E-state index in [-0.39, 0.29) is 36.2 Å². The molecule has 2 atom stereocenters. The number of halogens is 1. The molecule has 0 saturated heterocycles. The molecule has 130 valence electrons. The quantitative estimate of drug-likeness (QED) is 0.678. The van der Waals surface area contributed by atoms with E-state index < -0.39 is 0 Å². The van der Waals surface area contributed by atoms with Crippen molar-refractivity contribution in [1.82, 2.24) is 16.0 Å². The summed E-state index contributed by atoms with van der Waals surface area (Å²) in [7, 11) is 1.82. The number of nitrogens with one attached hydrogen (secondary N) is 3. The third-order valence-corrected chi connectivity index (χ3v) is 3.60. The van der Waals surface area contributed by atoms with E-state index in [1.165, 1.54) is 0 Å². The maximum Gasteiger partial charge on any atom is 0.251 e. The fraction of sp³-hybridized carbons (Fsp3) is 0.529. The van der Waals surface area contributed by atoms with Crippen LogP contribution in [-0.2, 0) is 11.3 Å². The summed E-state index contributed by atoms with van der Waals surface area (Å²) in [6.45, 7) is 6.96. The lowest BCUT2D eigenvalue weighted by Gasteiger charge is -2.13. The van der Waals surface area contributed by atoms with Crippen LogP contribution < -0.4 is 16.0 Å². The molecule has 1 aromatic carbocycles. The Bertz CT molecular complexity index is 508. The Balaban J connectivity index is 0.00000484. The molecule has 1 aromatic rings. The molecule has 0 spiro atoms. The molecule has 1 rings (SSSR count). The van der Waals surface area contributed by atoms with Gasteiger partial charge in [-0.1, -0.05) is 26.0 Å². The number of carbonyl (C=O) groups is 2. The van der Waals surface area contributed by atoms with Crippen LogP contribution in [-0.4, -0.2) is 31.4 Å². The fourth-order valence-electron chi connectivity index (χ4n) is 1.99. The monoisotopic (exact) mass is 341 g/mol. The molecule has 0 heterocycles. The Kier molecular flexibility index (Phi) is 10.3. The van der Waals surface area contributed by atoms with E-state index in [9.17, 15) is 9.59 Å². The normalized spacial score (nSPS) is 12.7. The zero-order valence-corrected chi connectivity index (χ0v) is 15.1. The lowest BCUT2D eigenvalue weighted by atomic mass is 10.1. The van der Waals surface area contributed by atoms with Gasteiger partial charge in [0.15, 0.2) is 0 Å². The zero-order chi connectivity index (χ0) is 16.5. The first-order valence-corrected chi connectivity index (χ1v) is 7.80. The predicted molar refractivity (Wildman–Crippen MR) is 95.8 cm³/mol. The van der Waals surface area contributed by atoms with E-state index in [2.05, 4.69) is 16.0 Å². The summed E-state index contributed by atoms with van der Waals surface area (Å²) in [5, 5.41) is 8.81. The van der Waals surface area contributed by atoms with Crippen molar-refractivity contribution in [3.05, 3.63) is 35.4 Å². The number of rotatable bonds is 8. The second-order valence-corrected chi connectivity index (χ2v) is 5.66. The van der Waals surface area contributed by atoms with E-state index >= 15 is 0 Å². The Morgan fingerprint density at radius 2 is 1.91 bits per heavy atom. The van der Waals surface area contributed by atoms with E-state index in [0.29, 0.717) is 18.7 Å². The minimum Gasteiger partial charge on any atom is -0.352 e. The lowest BCUT2D eigenvalue weighted by molar-refractivity contribution is -0.124. The molecule has 0 aliphatic heterocycles. The van der Waals surface area contributed by atoms with Crippen LogP contribution in [0.3, 0.4) is 0 Å². The van der Waals surface area contributed by atoms with Crippen molar-refractivity contribution in [2.24, 2.45) is 5.92 Å². The van der Waals surface area contributed by atoms with Crippen molar-refractivity contribution in [3.63, 3.8) is 0 Å². The van der Waals surface area contributed by atoms with Gasteiger partial charge in [0, 0.05) is 30.6 Å². The molecule has 3 N–H and O–H groups in total. The van der Waals surface area contributed by atoms with Gasteiger partial charge in [0.1, 0.15) is 0 Å². The van der Waals surface area contributed by atoms with Crippen LogP contribution in [0.4, 0.5) is 0 Å². The summed E-state index contributed by atoms with van der Waals surface area (Å²) < 4.78 is 0. The Morgan fingerprint density at radius 1 is 1.22 bits per heavy atom. The van der Waals surface area contributed by atoms with Gasteiger partial charge in [0.2, 0.25) is 5.91 Å². The highest BCUT2D eigenvalue weighted by molar-refractivity contribution is 5.94. The van der Waals surface area contributed by atoms with Crippen LogP contribution in [0.15, 0.2) is 24.3 Å². The molecular formula is C17H28ClN3O2. The average molecular weight is 342 g/mol. The molecule has 0 bridgehead atoms. The number of hydrogen-bond acceptors (Lipinski definition) is 3. The van der Waals surface area contributed by atoms with Crippen LogP contribution in [0.1, 0.15) is 43.1 Å². The van der Waals surface area contributed by atoms with Crippen LogP contribution in [0.5, 0.6) is 0 Å². The van der Waals surface area contributed by atoms with Gasteiger partial charge in [0.05, 0.1) is 0 Å². The lowest BCUT2D eigenvalue weighted by Crippen LogP contribution is -2.34. The molecule has 0 aromatic heterocycles. The van der Waals surface area contributed by atoms with Gasteiger partial charge in [-0.25, -0.2) is 0 Å². The van der Waals surface area contributed by atoms with Crippen molar-refractivity contribution in [1.29, 1.82) is 0 Å². The molecule has 0 radical (unpaired) electrons. The second kappa shape index (κ2) is 11.0. The molecule has 0 aliphatic rings. The third kappa shape index (κ3) is 7.48. The molecule has 2 amide bonds. The summed E-state index contributed by atoms with van der Waals surface area (Å²) >= 11 is 0. The molecule has 5 nitrogen and oxygen atoms in total. The first kappa shape index (κ1) is 21.4. The number of hydrogen-bond donors (Lipinski definition) is 3. The fourth-order valence-corrected chi connectivity index (χ4v) is 1.99. The van der Waals surface area contributed by atoms with Crippen molar-refractivity contribution in [2.75, 3.05) is 13.6 Å². The highest BCUT2D eigenvalue weighted by Gasteiger charge is 2.12. The van der Waals surface area contributed by atoms with Gasteiger partial charge >= 0.3 is 0 Å². The highest BCUT2D eigenvalue weighted by atomic mass is 35.5. The number of carbonyl (C=O) groups excluding carboxylic acids is 2. The van der Waals surface area contributed by atoms with Gasteiger partial charge < -0.3 is 16.0 Å². The first-order chi connectivity index (χ1) is 10.5. The van der Waals surface area contributed by atoms with Gasteiger partial charge in [-0.3, -0.25) is 9.59 Å². The molecule has 2 unspecified atom stereocenters. The Morgan fingerprint density at radius 3 is 2.52 bits per heavy atom. The summed E-state index contributed by atoms with van der Waals surface area (Å²) in [6, 6.07) is 7.50. The topological polar surface area (TPSA) is 70.2 Å². The smallest absolute Gasteiger partial charge is 0.251 e. The summed E-state index contributed by atoms with van der Waals surface area (Å²) in [4.78, 5) is 24.0. The van der Waals surface area contributed by atoms with E-state index in [4.69, 9.17) is 0 Å².